The van der Waals surface area contributed by atoms with Crippen molar-refractivity contribution >= 4 is 11.3 Å². The molecule has 1 aromatic heterocycles. The Morgan fingerprint density at radius 1 is 1.42 bits per heavy atom. The summed E-state index contributed by atoms with van der Waals surface area (Å²) in [7, 11) is 0. The molecule has 0 saturated heterocycles. The Kier molecular flexibility index (Phi) is 3.76. The Balaban J connectivity index is 2.72. The van der Waals surface area contributed by atoms with E-state index in [4.69, 9.17) is 5.11 Å². The first-order valence-electron chi connectivity index (χ1n) is 4.51. The molecule has 0 aliphatic carbocycles. The molecule has 0 radical (unpaired) electrons. The predicted molar refractivity (Wildman–Crippen MR) is 53.8 cm³/mol. The zero-order valence-corrected chi connectivity index (χ0v) is 8.53. The molecule has 0 bridgehead atoms. The summed E-state index contributed by atoms with van der Waals surface area (Å²) in [5, 5.41) is 9.07. The fraction of sp³-hybridized carbons (Fsp3) is 0.600. The van der Waals surface area contributed by atoms with Gasteiger partial charge < -0.3 is 5.11 Å². The van der Waals surface area contributed by atoms with Gasteiger partial charge in [-0.3, -0.25) is 0 Å². The predicted octanol–water partition coefficient (Wildman–Crippen LogP) is 2.80. The Morgan fingerprint density at radius 3 is 2.58 bits per heavy atom. The number of aryl methyl sites for hydroxylation is 1. The van der Waals surface area contributed by atoms with E-state index in [0.29, 0.717) is 5.92 Å². The maximum atomic E-state index is 9.07. The molecule has 1 N–H and O–H groups in total. The molecule has 1 rings (SSSR count). The van der Waals surface area contributed by atoms with E-state index in [-0.39, 0.29) is 6.61 Å². The quantitative estimate of drug-likeness (QED) is 0.763. The van der Waals surface area contributed by atoms with Crippen LogP contribution in [0, 0.1) is 0 Å². The van der Waals surface area contributed by atoms with Crippen molar-refractivity contribution in [3.05, 3.63) is 21.9 Å². The summed E-state index contributed by atoms with van der Waals surface area (Å²) < 4.78 is 0. The van der Waals surface area contributed by atoms with E-state index >= 15 is 0 Å². The summed E-state index contributed by atoms with van der Waals surface area (Å²) in [5.74, 6) is 0.357. The Hall–Kier alpha value is -0.340. The van der Waals surface area contributed by atoms with Crippen molar-refractivity contribution in [3.63, 3.8) is 0 Å². The van der Waals surface area contributed by atoms with E-state index in [1.165, 1.54) is 9.75 Å². The van der Waals surface area contributed by atoms with E-state index in [2.05, 4.69) is 26.0 Å². The highest BCUT2D eigenvalue weighted by Gasteiger charge is 2.09. The molecule has 1 aromatic rings. The second kappa shape index (κ2) is 4.63. The minimum atomic E-state index is 0.278. The third-order valence-corrected chi connectivity index (χ3v) is 3.54. The van der Waals surface area contributed by atoms with Gasteiger partial charge in [0.25, 0.3) is 0 Å². The third kappa shape index (κ3) is 2.08. The molecule has 12 heavy (non-hydrogen) atoms. The first-order chi connectivity index (χ1) is 5.81. The fourth-order valence-electron chi connectivity index (χ4n) is 1.22. The monoisotopic (exact) mass is 184 g/mol. The Bertz CT molecular complexity index is 225. The lowest BCUT2D eigenvalue weighted by Gasteiger charge is -2.07. The molecule has 68 valence electrons. The van der Waals surface area contributed by atoms with E-state index in [0.717, 1.165) is 12.8 Å². The van der Waals surface area contributed by atoms with Gasteiger partial charge in [0.1, 0.15) is 0 Å². The van der Waals surface area contributed by atoms with E-state index in [1.54, 1.807) is 0 Å². The van der Waals surface area contributed by atoms with Crippen molar-refractivity contribution in [1.82, 2.24) is 0 Å². The first-order valence-corrected chi connectivity index (χ1v) is 5.32. The fourth-order valence-corrected chi connectivity index (χ4v) is 2.35. The lowest BCUT2D eigenvalue weighted by Crippen LogP contribution is -1.99. The number of thiophene rings is 1. The molecule has 0 spiro atoms. The molecule has 0 aliphatic rings. The Morgan fingerprint density at radius 2 is 2.17 bits per heavy atom. The highest BCUT2D eigenvalue weighted by molar-refractivity contribution is 7.12. The molecule has 1 heterocycles. The van der Waals surface area contributed by atoms with Crippen molar-refractivity contribution < 1.29 is 5.11 Å². The van der Waals surface area contributed by atoms with Gasteiger partial charge in [0, 0.05) is 15.7 Å². The third-order valence-electron chi connectivity index (χ3n) is 2.15. The van der Waals surface area contributed by atoms with Gasteiger partial charge in [-0.2, -0.15) is 0 Å². The van der Waals surface area contributed by atoms with Gasteiger partial charge in [-0.15, -0.1) is 11.3 Å². The Labute approximate surface area is 78.1 Å². The summed E-state index contributed by atoms with van der Waals surface area (Å²) in [6.45, 7) is 4.56. The molecule has 1 atom stereocenters. The van der Waals surface area contributed by atoms with Gasteiger partial charge in [-0.05, 0) is 25.0 Å². The molecular formula is C10H16OS. The molecular weight excluding hydrogens is 168 g/mol. The van der Waals surface area contributed by atoms with Crippen LogP contribution < -0.4 is 0 Å². The lowest BCUT2D eigenvalue weighted by atomic mass is 10.1. The molecule has 0 aliphatic heterocycles. The molecule has 0 fully saturated rings. The smallest absolute Gasteiger partial charge is 0.0507 e. The second-order valence-electron chi connectivity index (χ2n) is 2.95. The number of aliphatic hydroxyl groups excluding tert-OH is 1. The van der Waals surface area contributed by atoms with Crippen LogP contribution in [0.5, 0.6) is 0 Å². The SMILES string of the molecule is CCc1ccc(C(CC)CO)s1. The summed E-state index contributed by atoms with van der Waals surface area (Å²) in [6.07, 6.45) is 2.13. The molecule has 0 amide bonds. The molecule has 0 saturated carbocycles. The summed E-state index contributed by atoms with van der Waals surface area (Å²) in [5.41, 5.74) is 0. The largest absolute Gasteiger partial charge is 0.396 e. The maximum absolute atomic E-state index is 9.07. The average Bonchev–Trinajstić information content (AvgIpc) is 2.55. The van der Waals surface area contributed by atoms with Crippen LogP contribution in [0.4, 0.5) is 0 Å². The van der Waals surface area contributed by atoms with Crippen LogP contribution in [0.2, 0.25) is 0 Å². The van der Waals surface area contributed by atoms with Gasteiger partial charge in [0.2, 0.25) is 0 Å². The minimum absolute atomic E-state index is 0.278. The van der Waals surface area contributed by atoms with Crippen LogP contribution in [-0.4, -0.2) is 11.7 Å². The van der Waals surface area contributed by atoms with Gasteiger partial charge in [0.15, 0.2) is 0 Å². The van der Waals surface area contributed by atoms with E-state index in [1.807, 2.05) is 11.3 Å². The summed E-state index contributed by atoms with van der Waals surface area (Å²) in [6, 6.07) is 4.31. The molecule has 2 heteroatoms. The van der Waals surface area contributed by atoms with Crippen LogP contribution >= 0.6 is 11.3 Å². The standard InChI is InChI=1S/C10H16OS/c1-3-8(7-11)10-6-5-9(4-2)12-10/h5-6,8,11H,3-4,7H2,1-2H3. The topological polar surface area (TPSA) is 20.2 Å². The van der Waals surface area contributed by atoms with Gasteiger partial charge in [-0.25, -0.2) is 0 Å². The van der Waals surface area contributed by atoms with Crippen LogP contribution in [0.3, 0.4) is 0 Å². The normalized spacial score (nSPS) is 13.2. The zero-order chi connectivity index (χ0) is 8.97. The van der Waals surface area contributed by atoms with Crippen molar-refractivity contribution in [3.8, 4) is 0 Å². The van der Waals surface area contributed by atoms with Gasteiger partial charge in [0.05, 0.1) is 6.61 Å². The van der Waals surface area contributed by atoms with Crippen molar-refractivity contribution in [2.45, 2.75) is 32.6 Å². The molecule has 0 aromatic carbocycles. The first kappa shape index (κ1) is 9.75. The van der Waals surface area contributed by atoms with Gasteiger partial charge in [-0.1, -0.05) is 13.8 Å². The second-order valence-corrected chi connectivity index (χ2v) is 4.15. The average molecular weight is 184 g/mol. The number of rotatable bonds is 4. The lowest BCUT2D eigenvalue weighted by molar-refractivity contribution is 0.264. The van der Waals surface area contributed by atoms with Gasteiger partial charge >= 0.3 is 0 Å². The van der Waals surface area contributed by atoms with Crippen molar-refractivity contribution in [2.24, 2.45) is 0 Å². The number of hydrogen-bond donors (Lipinski definition) is 1. The van der Waals surface area contributed by atoms with E-state index in [9.17, 15) is 0 Å². The molecule has 1 nitrogen and oxygen atoms in total. The minimum Gasteiger partial charge on any atom is -0.396 e. The van der Waals surface area contributed by atoms with Crippen LogP contribution in [0.25, 0.3) is 0 Å². The van der Waals surface area contributed by atoms with Crippen molar-refractivity contribution in [2.75, 3.05) is 6.61 Å². The zero-order valence-electron chi connectivity index (χ0n) is 7.71. The highest BCUT2D eigenvalue weighted by atomic mass is 32.1. The maximum Gasteiger partial charge on any atom is 0.0507 e. The summed E-state index contributed by atoms with van der Waals surface area (Å²) in [4.78, 5) is 2.74. The number of hydrogen-bond acceptors (Lipinski definition) is 2. The summed E-state index contributed by atoms with van der Waals surface area (Å²) >= 11 is 1.83. The van der Waals surface area contributed by atoms with Crippen LogP contribution in [0.1, 0.15) is 35.9 Å². The van der Waals surface area contributed by atoms with Crippen LogP contribution in [0.15, 0.2) is 12.1 Å². The van der Waals surface area contributed by atoms with E-state index < -0.39 is 0 Å². The highest BCUT2D eigenvalue weighted by Crippen LogP contribution is 2.26. The van der Waals surface area contributed by atoms with Crippen molar-refractivity contribution in [1.29, 1.82) is 0 Å². The number of aliphatic hydroxyl groups is 1. The molecule has 1 unspecified atom stereocenters. The van der Waals surface area contributed by atoms with Crippen LogP contribution in [-0.2, 0) is 6.42 Å².